The van der Waals surface area contributed by atoms with Gasteiger partial charge in [-0.3, -0.25) is 0 Å². The quantitative estimate of drug-likeness (QED) is 0.640. The molecule has 7 nitrogen and oxygen atoms in total. The summed E-state index contributed by atoms with van der Waals surface area (Å²) in [5.41, 5.74) is 0. The second kappa shape index (κ2) is 7.21. The summed E-state index contributed by atoms with van der Waals surface area (Å²) in [6, 6.07) is 0.132. The van der Waals surface area contributed by atoms with Crippen molar-refractivity contribution < 1.29 is 14.9 Å². The Balaban J connectivity index is 2.61. The number of anilines is 1. The first-order valence-corrected chi connectivity index (χ1v) is 5.60. The molecule has 0 spiro atoms. The van der Waals surface area contributed by atoms with Crippen molar-refractivity contribution in [3.63, 3.8) is 0 Å². The zero-order chi connectivity index (χ0) is 12.7. The molecule has 0 amide bonds. The number of aromatic nitrogens is 3. The maximum Gasteiger partial charge on any atom is 0.322 e. The fraction of sp³-hybridized carbons (Fsp3) is 0.667. The summed E-state index contributed by atoms with van der Waals surface area (Å²) in [7, 11) is 0. The molecule has 0 fully saturated rings. The Labute approximate surface area is 104 Å². The highest BCUT2D eigenvalue weighted by molar-refractivity contribution is 6.28. The van der Waals surface area contributed by atoms with Crippen molar-refractivity contribution in [2.75, 3.05) is 25.1 Å². The molecule has 1 atom stereocenters. The van der Waals surface area contributed by atoms with Crippen LogP contribution in [-0.4, -0.2) is 51.0 Å². The minimum absolute atomic E-state index is 0.00657. The zero-order valence-electron chi connectivity index (χ0n) is 9.43. The number of nitrogens with one attached hydrogen (secondary N) is 1. The van der Waals surface area contributed by atoms with Crippen molar-refractivity contribution in [2.24, 2.45) is 0 Å². The number of ether oxygens (including phenoxy) is 1. The van der Waals surface area contributed by atoms with Crippen molar-refractivity contribution in [1.29, 1.82) is 0 Å². The normalized spacial score (nSPS) is 12.2. The summed E-state index contributed by atoms with van der Waals surface area (Å²) in [6.45, 7) is 2.22. The molecule has 0 saturated carbocycles. The van der Waals surface area contributed by atoms with Gasteiger partial charge in [0.15, 0.2) is 0 Å². The Morgan fingerprint density at radius 1 is 1.41 bits per heavy atom. The first-order chi connectivity index (χ1) is 8.15. The van der Waals surface area contributed by atoms with Crippen LogP contribution < -0.4 is 10.1 Å². The summed E-state index contributed by atoms with van der Waals surface area (Å²) >= 11 is 5.68. The van der Waals surface area contributed by atoms with E-state index in [1.165, 1.54) is 0 Å². The topological polar surface area (TPSA) is 100 Å². The molecule has 8 heteroatoms. The number of aliphatic hydroxyl groups is 2. The number of hydrogen-bond donors (Lipinski definition) is 3. The number of aliphatic hydroxyl groups excluding tert-OH is 2. The van der Waals surface area contributed by atoms with Crippen LogP contribution in [0.2, 0.25) is 5.28 Å². The van der Waals surface area contributed by atoms with Crippen molar-refractivity contribution in [3.05, 3.63) is 5.28 Å². The first-order valence-electron chi connectivity index (χ1n) is 5.23. The third-order valence-electron chi connectivity index (χ3n) is 1.73. The number of nitrogens with zero attached hydrogens (tertiary/aromatic N) is 3. The van der Waals surface area contributed by atoms with Gasteiger partial charge in [0, 0.05) is 6.54 Å². The Morgan fingerprint density at radius 3 is 2.82 bits per heavy atom. The molecule has 1 aromatic rings. The van der Waals surface area contributed by atoms with E-state index in [0.29, 0.717) is 6.61 Å². The van der Waals surface area contributed by atoms with Crippen molar-refractivity contribution >= 4 is 17.5 Å². The highest BCUT2D eigenvalue weighted by atomic mass is 35.5. The lowest BCUT2D eigenvalue weighted by Crippen LogP contribution is -2.24. The third kappa shape index (κ3) is 5.12. The molecule has 1 aromatic heterocycles. The van der Waals surface area contributed by atoms with E-state index < -0.39 is 6.10 Å². The lowest BCUT2D eigenvalue weighted by Gasteiger charge is -2.09. The van der Waals surface area contributed by atoms with Gasteiger partial charge in [-0.15, -0.1) is 0 Å². The van der Waals surface area contributed by atoms with Gasteiger partial charge < -0.3 is 20.3 Å². The summed E-state index contributed by atoms with van der Waals surface area (Å²) in [6.07, 6.45) is -0.0551. The SMILES string of the molecule is CCCOc1nc(Cl)nc(NCC(O)CO)n1. The number of halogens is 1. The van der Waals surface area contributed by atoms with Gasteiger partial charge in [-0.1, -0.05) is 6.92 Å². The van der Waals surface area contributed by atoms with Gasteiger partial charge in [-0.2, -0.15) is 15.0 Å². The van der Waals surface area contributed by atoms with Gasteiger partial charge in [0.05, 0.1) is 19.3 Å². The molecule has 1 rings (SSSR count). The molecule has 0 aliphatic rings. The molecule has 0 aliphatic carbocycles. The van der Waals surface area contributed by atoms with E-state index in [2.05, 4.69) is 20.3 Å². The molecule has 0 aromatic carbocycles. The molecule has 1 heterocycles. The highest BCUT2D eigenvalue weighted by Gasteiger charge is 2.07. The number of hydrogen-bond acceptors (Lipinski definition) is 7. The Morgan fingerprint density at radius 2 is 2.18 bits per heavy atom. The zero-order valence-corrected chi connectivity index (χ0v) is 10.2. The molecular formula is C9H15ClN4O3. The maximum absolute atomic E-state index is 9.15. The molecule has 0 aliphatic heterocycles. The van der Waals surface area contributed by atoms with Crippen LogP contribution in [-0.2, 0) is 0 Å². The smallest absolute Gasteiger partial charge is 0.322 e. The molecule has 0 radical (unpaired) electrons. The van der Waals surface area contributed by atoms with E-state index in [0.717, 1.165) is 6.42 Å². The average Bonchev–Trinajstić information content (AvgIpc) is 2.32. The predicted octanol–water partition coefficient (Wildman–Crippen LogP) is 0.0789. The lowest BCUT2D eigenvalue weighted by atomic mass is 10.4. The standard InChI is InChI=1S/C9H15ClN4O3/c1-2-3-17-9-13-7(10)12-8(14-9)11-4-6(16)5-15/h6,15-16H,2-5H2,1H3,(H,11,12,13,14). The van der Waals surface area contributed by atoms with Crippen LogP contribution in [0.5, 0.6) is 6.01 Å². The molecule has 0 bridgehead atoms. The monoisotopic (exact) mass is 262 g/mol. The molecule has 96 valence electrons. The minimum Gasteiger partial charge on any atom is -0.463 e. The fourth-order valence-electron chi connectivity index (χ4n) is 0.943. The van der Waals surface area contributed by atoms with Gasteiger partial charge in [-0.25, -0.2) is 0 Å². The molecule has 0 saturated heterocycles. The van der Waals surface area contributed by atoms with E-state index in [4.69, 9.17) is 26.6 Å². The van der Waals surface area contributed by atoms with E-state index in [9.17, 15) is 0 Å². The van der Waals surface area contributed by atoms with Crippen LogP contribution >= 0.6 is 11.6 Å². The average molecular weight is 263 g/mol. The molecule has 3 N–H and O–H groups in total. The Hall–Kier alpha value is -1.18. The van der Waals surface area contributed by atoms with E-state index in [1.54, 1.807) is 0 Å². The molecular weight excluding hydrogens is 248 g/mol. The van der Waals surface area contributed by atoms with Crippen LogP contribution in [0.15, 0.2) is 0 Å². The summed E-state index contributed by atoms with van der Waals surface area (Å²) < 4.78 is 5.21. The second-order valence-corrected chi connectivity index (χ2v) is 3.61. The minimum atomic E-state index is -0.884. The van der Waals surface area contributed by atoms with E-state index in [1.807, 2.05) is 6.92 Å². The molecule has 17 heavy (non-hydrogen) atoms. The van der Waals surface area contributed by atoms with Crippen LogP contribution in [0.4, 0.5) is 5.95 Å². The van der Waals surface area contributed by atoms with Crippen LogP contribution in [0.3, 0.4) is 0 Å². The van der Waals surface area contributed by atoms with Gasteiger partial charge in [0.25, 0.3) is 0 Å². The summed E-state index contributed by atoms with van der Waals surface area (Å²) in [5, 5.41) is 20.5. The van der Waals surface area contributed by atoms with Gasteiger partial charge in [0.1, 0.15) is 0 Å². The summed E-state index contributed by atoms with van der Waals surface area (Å²) in [4.78, 5) is 11.5. The van der Waals surface area contributed by atoms with E-state index >= 15 is 0 Å². The van der Waals surface area contributed by atoms with Crippen molar-refractivity contribution in [2.45, 2.75) is 19.4 Å². The molecule has 1 unspecified atom stereocenters. The Bertz CT molecular complexity index is 353. The number of rotatable bonds is 7. The first kappa shape index (κ1) is 13.9. The van der Waals surface area contributed by atoms with Crippen LogP contribution in [0.1, 0.15) is 13.3 Å². The fourth-order valence-corrected chi connectivity index (χ4v) is 1.09. The lowest BCUT2D eigenvalue weighted by molar-refractivity contribution is 0.105. The maximum atomic E-state index is 9.15. The van der Waals surface area contributed by atoms with Gasteiger partial charge in [0.2, 0.25) is 11.2 Å². The predicted molar refractivity (Wildman–Crippen MR) is 62.2 cm³/mol. The van der Waals surface area contributed by atoms with Gasteiger partial charge in [-0.05, 0) is 18.0 Å². The van der Waals surface area contributed by atoms with Crippen LogP contribution in [0, 0.1) is 0 Å². The van der Waals surface area contributed by atoms with E-state index in [-0.39, 0.29) is 30.4 Å². The third-order valence-corrected chi connectivity index (χ3v) is 1.90. The van der Waals surface area contributed by atoms with Crippen molar-refractivity contribution in [3.8, 4) is 6.01 Å². The largest absolute Gasteiger partial charge is 0.463 e. The van der Waals surface area contributed by atoms with Crippen molar-refractivity contribution in [1.82, 2.24) is 15.0 Å². The Kier molecular flexibility index (Phi) is 5.88. The second-order valence-electron chi connectivity index (χ2n) is 3.28. The van der Waals surface area contributed by atoms with Crippen LogP contribution in [0.25, 0.3) is 0 Å². The van der Waals surface area contributed by atoms with Gasteiger partial charge >= 0.3 is 6.01 Å². The summed E-state index contributed by atoms with van der Waals surface area (Å²) in [5.74, 6) is 0.198. The highest BCUT2D eigenvalue weighted by Crippen LogP contribution is 2.11.